The van der Waals surface area contributed by atoms with Gasteiger partial charge in [-0.2, -0.15) is 0 Å². The van der Waals surface area contributed by atoms with E-state index in [0.29, 0.717) is 6.61 Å². The third-order valence-corrected chi connectivity index (χ3v) is 3.14. The van der Waals surface area contributed by atoms with Crippen molar-refractivity contribution in [3.05, 3.63) is 29.8 Å². The fourth-order valence-electron chi connectivity index (χ4n) is 1.89. The van der Waals surface area contributed by atoms with E-state index in [-0.39, 0.29) is 18.0 Å². The van der Waals surface area contributed by atoms with Crippen LogP contribution < -0.4 is 10.1 Å². The number of nitrogens with one attached hydrogen (secondary N) is 1. The van der Waals surface area contributed by atoms with Crippen molar-refractivity contribution in [2.75, 3.05) is 13.7 Å². The molecule has 0 heterocycles. The molecule has 1 N–H and O–H groups in total. The molecule has 1 aromatic carbocycles. The fourth-order valence-corrected chi connectivity index (χ4v) is 1.89. The fraction of sp³-hybridized carbons (Fsp3) is 0.562. The van der Waals surface area contributed by atoms with Gasteiger partial charge in [-0.1, -0.05) is 12.1 Å². The van der Waals surface area contributed by atoms with Gasteiger partial charge in [-0.05, 0) is 52.4 Å². The number of hydrogen-bond donors (Lipinski definition) is 1. The largest absolute Gasteiger partial charge is 0.494 e. The van der Waals surface area contributed by atoms with Gasteiger partial charge in [0.1, 0.15) is 5.75 Å². The molecule has 1 atom stereocenters. The van der Waals surface area contributed by atoms with Gasteiger partial charge in [-0.3, -0.25) is 9.69 Å². The summed E-state index contributed by atoms with van der Waals surface area (Å²) < 4.78 is 5.42. The molecule has 0 aliphatic carbocycles. The van der Waals surface area contributed by atoms with Crippen LogP contribution in [0.15, 0.2) is 24.3 Å². The van der Waals surface area contributed by atoms with E-state index < -0.39 is 0 Å². The highest BCUT2D eigenvalue weighted by Gasteiger charge is 2.18. The van der Waals surface area contributed by atoms with Crippen LogP contribution >= 0.6 is 0 Å². The highest BCUT2D eigenvalue weighted by Crippen LogP contribution is 2.14. The summed E-state index contributed by atoms with van der Waals surface area (Å²) in [6.45, 7) is 9.24. The maximum atomic E-state index is 12.0. The molecular formula is C16H26N2O2. The molecule has 1 rings (SSSR count). The molecule has 0 saturated heterocycles. The summed E-state index contributed by atoms with van der Waals surface area (Å²) in [4.78, 5) is 14.0. The van der Waals surface area contributed by atoms with Crippen LogP contribution in [0.1, 0.15) is 33.3 Å². The molecule has 4 nitrogen and oxygen atoms in total. The summed E-state index contributed by atoms with van der Waals surface area (Å²) in [6, 6.07) is 8.02. The quantitative estimate of drug-likeness (QED) is 0.833. The van der Waals surface area contributed by atoms with Crippen molar-refractivity contribution in [2.24, 2.45) is 0 Å². The van der Waals surface area contributed by atoms with Gasteiger partial charge >= 0.3 is 0 Å². The Labute approximate surface area is 122 Å². The first kappa shape index (κ1) is 16.5. The second-order valence-corrected chi connectivity index (χ2v) is 5.33. The summed E-state index contributed by atoms with van der Waals surface area (Å²) in [5.41, 5.74) is 1.17. The van der Waals surface area contributed by atoms with Crippen molar-refractivity contribution < 1.29 is 9.53 Å². The van der Waals surface area contributed by atoms with Crippen molar-refractivity contribution in [3.8, 4) is 5.75 Å². The van der Waals surface area contributed by atoms with Crippen LogP contribution in [0.25, 0.3) is 0 Å². The molecule has 0 spiro atoms. The molecule has 0 aliphatic rings. The molecule has 0 aliphatic heterocycles. The SMILES string of the molecule is CCOc1ccc(CN(C)[C@H](C)C(=O)NC(C)C)cc1. The zero-order valence-corrected chi connectivity index (χ0v) is 13.1. The molecule has 0 fully saturated rings. The Morgan fingerprint density at radius 1 is 1.25 bits per heavy atom. The Bertz CT molecular complexity index is 415. The lowest BCUT2D eigenvalue weighted by Gasteiger charge is -2.25. The summed E-state index contributed by atoms with van der Waals surface area (Å²) in [6.07, 6.45) is 0. The molecule has 20 heavy (non-hydrogen) atoms. The van der Waals surface area contributed by atoms with E-state index in [0.717, 1.165) is 12.3 Å². The third-order valence-electron chi connectivity index (χ3n) is 3.14. The van der Waals surface area contributed by atoms with Crippen molar-refractivity contribution in [2.45, 2.75) is 46.3 Å². The second-order valence-electron chi connectivity index (χ2n) is 5.33. The standard InChI is InChI=1S/C16H26N2O2/c1-6-20-15-9-7-14(8-10-15)11-18(5)13(4)16(19)17-12(2)3/h7-10,12-13H,6,11H2,1-5H3,(H,17,19)/t13-/m1/s1. The topological polar surface area (TPSA) is 41.6 Å². The van der Waals surface area contributed by atoms with Gasteiger partial charge < -0.3 is 10.1 Å². The van der Waals surface area contributed by atoms with Crippen LogP contribution in [-0.4, -0.2) is 36.5 Å². The van der Waals surface area contributed by atoms with E-state index in [2.05, 4.69) is 5.32 Å². The van der Waals surface area contributed by atoms with Crippen LogP contribution in [0.3, 0.4) is 0 Å². The van der Waals surface area contributed by atoms with Gasteiger partial charge in [0.2, 0.25) is 5.91 Å². The number of benzene rings is 1. The molecule has 0 unspecified atom stereocenters. The van der Waals surface area contributed by atoms with Gasteiger partial charge in [0.25, 0.3) is 0 Å². The van der Waals surface area contributed by atoms with Crippen LogP contribution in [0.4, 0.5) is 0 Å². The lowest BCUT2D eigenvalue weighted by Crippen LogP contribution is -2.45. The van der Waals surface area contributed by atoms with Crippen LogP contribution in [-0.2, 0) is 11.3 Å². The van der Waals surface area contributed by atoms with E-state index in [9.17, 15) is 4.79 Å². The summed E-state index contributed by atoms with van der Waals surface area (Å²) in [5, 5.41) is 2.93. The van der Waals surface area contributed by atoms with Crippen molar-refractivity contribution in [1.29, 1.82) is 0 Å². The lowest BCUT2D eigenvalue weighted by molar-refractivity contribution is -0.126. The Kier molecular flexibility index (Phi) is 6.52. The third kappa shape index (κ3) is 5.21. The average molecular weight is 278 g/mol. The highest BCUT2D eigenvalue weighted by atomic mass is 16.5. The number of nitrogens with zero attached hydrogens (tertiary/aromatic N) is 1. The average Bonchev–Trinajstić information content (AvgIpc) is 2.39. The Morgan fingerprint density at radius 2 is 1.85 bits per heavy atom. The lowest BCUT2D eigenvalue weighted by atomic mass is 10.1. The number of rotatable bonds is 7. The predicted molar refractivity (Wildman–Crippen MR) is 81.8 cm³/mol. The van der Waals surface area contributed by atoms with Gasteiger partial charge in [0.05, 0.1) is 12.6 Å². The Hall–Kier alpha value is -1.55. The zero-order valence-electron chi connectivity index (χ0n) is 13.1. The van der Waals surface area contributed by atoms with Gasteiger partial charge in [-0.15, -0.1) is 0 Å². The van der Waals surface area contributed by atoms with E-state index in [1.165, 1.54) is 5.56 Å². The molecule has 0 saturated carbocycles. The Balaban J connectivity index is 2.56. The maximum absolute atomic E-state index is 12.0. The summed E-state index contributed by atoms with van der Waals surface area (Å²) >= 11 is 0. The first-order chi connectivity index (χ1) is 9.43. The minimum Gasteiger partial charge on any atom is -0.494 e. The minimum absolute atomic E-state index is 0.0634. The maximum Gasteiger partial charge on any atom is 0.237 e. The van der Waals surface area contributed by atoms with Crippen LogP contribution in [0.5, 0.6) is 5.75 Å². The van der Waals surface area contributed by atoms with Crippen molar-refractivity contribution in [3.63, 3.8) is 0 Å². The molecule has 0 aromatic heterocycles. The van der Waals surface area contributed by atoms with E-state index in [1.54, 1.807) is 0 Å². The molecule has 0 bridgehead atoms. The summed E-state index contributed by atoms with van der Waals surface area (Å²) in [7, 11) is 1.96. The van der Waals surface area contributed by atoms with Crippen molar-refractivity contribution >= 4 is 5.91 Å². The summed E-state index contributed by atoms with van der Waals surface area (Å²) in [5.74, 6) is 0.943. The molecule has 1 amide bonds. The smallest absolute Gasteiger partial charge is 0.237 e. The first-order valence-corrected chi connectivity index (χ1v) is 7.16. The monoisotopic (exact) mass is 278 g/mol. The first-order valence-electron chi connectivity index (χ1n) is 7.16. The predicted octanol–water partition coefficient (Wildman–Crippen LogP) is 2.43. The molecular weight excluding hydrogens is 252 g/mol. The molecule has 0 radical (unpaired) electrons. The van der Waals surface area contributed by atoms with Crippen LogP contribution in [0.2, 0.25) is 0 Å². The Morgan fingerprint density at radius 3 is 2.35 bits per heavy atom. The molecule has 1 aromatic rings. The van der Waals surface area contributed by atoms with Gasteiger partial charge in [-0.25, -0.2) is 0 Å². The van der Waals surface area contributed by atoms with Gasteiger partial charge in [0.15, 0.2) is 0 Å². The minimum atomic E-state index is -0.149. The van der Waals surface area contributed by atoms with E-state index >= 15 is 0 Å². The van der Waals surface area contributed by atoms with Gasteiger partial charge in [0, 0.05) is 12.6 Å². The number of likely N-dealkylation sites (N-methyl/N-ethyl adjacent to an activating group) is 1. The highest BCUT2D eigenvalue weighted by molar-refractivity contribution is 5.81. The van der Waals surface area contributed by atoms with Crippen LogP contribution in [0, 0.1) is 0 Å². The van der Waals surface area contributed by atoms with Crippen molar-refractivity contribution in [1.82, 2.24) is 10.2 Å². The van der Waals surface area contributed by atoms with E-state index in [4.69, 9.17) is 4.74 Å². The van der Waals surface area contributed by atoms with E-state index in [1.807, 2.05) is 63.9 Å². The number of amides is 1. The zero-order chi connectivity index (χ0) is 15.1. The number of hydrogen-bond acceptors (Lipinski definition) is 3. The number of ether oxygens (including phenoxy) is 1. The number of carbonyl (C=O) groups excluding carboxylic acids is 1. The molecule has 4 heteroatoms. The normalized spacial score (nSPS) is 12.6. The molecule has 112 valence electrons. The number of carbonyl (C=O) groups is 1. The second kappa shape index (κ2) is 7.90.